The molecule has 0 amide bonds. The molecule has 0 aliphatic rings. The lowest BCUT2D eigenvalue weighted by Crippen LogP contribution is -2.28. The van der Waals surface area contributed by atoms with E-state index in [4.69, 9.17) is 0 Å². The summed E-state index contributed by atoms with van der Waals surface area (Å²) in [5.41, 5.74) is 1.59. The first-order chi connectivity index (χ1) is 9.91. The standard InChI is InChI=1S/C16H16FNO2S/c1-13(14-6-4-3-5-7-14)12-18(2)21(19,20)16-10-8-15(17)9-11-16/h3-11H,1,12H2,2H3. The molecule has 0 aliphatic heterocycles. The molecule has 21 heavy (non-hydrogen) atoms. The number of benzene rings is 2. The van der Waals surface area contributed by atoms with Crippen molar-refractivity contribution in [3.63, 3.8) is 0 Å². The van der Waals surface area contributed by atoms with Gasteiger partial charge in [-0.25, -0.2) is 12.8 Å². The predicted molar refractivity (Wildman–Crippen MR) is 81.7 cm³/mol. The highest BCUT2D eigenvalue weighted by atomic mass is 32.2. The van der Waals surface area contributed by atoms with Crippen LogP contribution in [0.25, 0.3) is 5.57 Å². The molecule has 0 bridgehead atoms. The van der Waals surface area contributed by atoms with Crippen LogP contribution in [0.2, 0.25) is 0 Å². The predicted octanol–water partition coefficient (Wildman–Crippen LogP) is 3.16. The lowest BCUT2D eigenvalue weighted by atomic mass is 10.1. The van der Waals surface area contributed by atoms with Crippen LogP contribution in [0.5, 0.6) is 0 Å². The summed E-state index contributed by atoms with van der Waals surface area (Å²) in [5, 5.41) is 0. The smallest absolute Gasteiger partial charge is 0.207 e. The second kappa shape index (κ2) is 6.20. The molecule has 0 atom stereocenters. The number of sulfonamides is 1. The highest BCUT2D eigenvalue weighted by molar-refractivity contribution is 7.89. The number of hydrogen-bond donors (Lipinski definition) is 0. The van der Waals surface area contributed by atoms with Gasteiger partial charge in [-0.15, -0.1) is 0 Å². The Morgan fingerprint density at radius 2 is 1.67 bits per heavy atom. The molecule has 0 unspecified atom stereocenters. The van der Waals surface area contributed by atoms with Crippen molar-refractivity contribution in [3.8, 4) is 0 Å². The lowest BCUT2D eigenvalue weighted by molar-refractivity contribution is 0.502. The molecule has 2 aromatic rings. The molecule has 0 fully saturated rings. The first-order valence-corrected chi connectivity index (χ1v) is 7.80. The fourth-order valence-electron chi connectivity index (χ4n) is 1.91. The van der Waals surface area contributed by atoms with Gasteiger partial charge in [0.2, 0.25) is 10.0 Å². The molecule has 0 saturated carbocycles. The maximum Gasteiger partial charge on any atom is 0.243 e. The summed E-state index contributed by atoms with van der Waals surface area (Å²) < 4.78 is 38.8. The van der Waals surface area contributed by atoms with Gasteiger partial charge in [-0.05, 0) is 35.4 Å². The lowest BCUT2D eigenvalue weighted by Gasteiger charge is -2.18. The first-order valence-electron chi connectivity index (χ1n) is 6.36. The number of nitrogens with zero attached hydrogens (tertiary/aromatic N) is 1. The van der Waals surface area contributed by atoms with Crippen LogP contribution in [-0.4, -0.2) is 26.3 Å². The second-order valence-electron chi connectivity index (χ2n) is 4.68. The summed E-state index contributed by atoms with van der Waals surface area (Å²) in [6.07, 6.45) is 0. The number of rotatable bonds is 5. The third-order valence-corrected chi connectivity index (χ3v) is 4.93. The van der Waals surface area contributed by atoms with Gasteiger partial charge < -0.3 is 0 Å². The van der Waals surface area contributed by atoms with Gasteiger partial charge in [-0.3, -0.25) is 0 Å². The van der Waals surface area contributed by atoms with E-state index >= 15 is 0 Å². The zero-order chi connectivity index (χ0) is 15.5. The quantitative estimate of drug-likeness (QED) is 0.851. The fraction of sp³-hybridized carbons (Fsp3) is 0.125. The topological polar surface area (TPSA) is 37.4 Å². The molecule has 0 aliphatic carbocycles. The Balaban J connectivity index is 2.17. The summed E-state index contributed by atoms with van der Waals surface area (Å²) in [4.78, 5) is 0.0623. The van der Waals surface area contributed by atoms with Crippen LogP contribution in [0.15, 0.2) is 66.1 Å². The molecular weight excluding hydrogens is 289 g/mol. The van der Waals surface area contributed by atoms with Crippen molar-refractivity contribution in [1.29, 1.82) is 0 Å². The zero-order valence-electron chi connectivity index (χ0n) is 11.7. The van der Waals surface area contributed by atoms with Crippen molar-refractivity contribution in [1.82, 2.24) is 4.31 Å². The van der Waals surface area contributed by atoms with Crippen LogP contribution >= 0.6 is 0 Å². The average Bonchev–Trinajstić information content (AvgIpc) is 2.48. The van der Waals surface area contributed by atoms with E-state index in [-0.39, 0.29) is 11.4 Å². The molecule has 0 spiro atoms. The summed E-state index contributed by atoms with van der Waals surface area (Å²) in [7, 11) is -2.17. The van der Waals surface area contributed by atoms with E-state index in [1.54, 1.807) is 0 Å². The second-order valence-corrected chi connectivity index (χ2v) is 6.73. The molecule has 110 valence electrons. The van der Waals surface area contributed by atoms with Crippen molar-refractivity contribution >= 4 is 15.6 Å². The molecule has 5 heteroatoms. The Hall–Kier alpha value is -1.98. The van der Waals surface area contributed by atoms with Crippen LogP contribution in [0.1, 0.15) is 5.56 Å². The summed E-state index contributed by atoms with van der Waals surface area (Å²) >= 11 is 0. The van der Waals surface area contributed by atoms with Gasteiger partial charge in [-0.1, -0.05) is 36.9 Å². The minimum absolute atomic E-state index is 0.0623. The maximum absolute atomic E-state index is 12.9. The molecule has 0 N–H and O–H groups in total. The van der Waals surface area contributed by atoms with Crippen molar-refractivity contribution in [3.05, 3.63) is 72.6 Å². The van der Waals surface area contributed by atoms with Crippen molar-refractivity contribution in [2.75, 3.05) is 13.6 Å². The van der Waals surface area contributed by atoms with E-state index in [1.165, 1.54) is 23.5 Å². The maximum atomic E-state index is 12.9. The largest absolute Gasteiger partial charge is 0.243 e. The van der Waals surface area contributed by atoms with Crippen molar-refractivity contribution in [2.45, 2.75) is 4.90 Å². The molecule has 0 heterocycles. The Morgan fingerprint density at radius 1 is 1.10 bits per heavy atom. The van der Waals surface area contributed by atoms with Gasteiger partial charge >= 0.3 is 0 Å². The Kier molecular flexibility index (Phi) is 4.55. The van der Waals surface area contributed by atoms with Gasteiger partial charge in [0.25, 0.3) is 0 Å². The minimum atomic E-state index is -3.65. The van der Waals surface area contributed by atoms with Gasteiger partial charge in [-0.2, -0.15) is 4.31 Å². The third kappa shape index (κ3) is 3.56. The van der Waals surface area contributed by atoms with E-state index in [0.717, 1.165) is 17.7 Å². The third-order valence-electron chi connectivity index (χ3n) is 3.12. The Morgan fingerprint density at radius 3 is 2.24 bits per heavy atom. The van der Waals surface area contributed by atoms with Crippen molar-refractivity contribution in [2.24, 2.45) is 0 Å². The van der Waals surface area contributed by atoms with E-state index < -0.39 is 15.8 Å². The SMILES string of the molecule is C=C(CN(C)S(=O)(=O)c1ccc(F)cc1)c1ccccc1. The van der Waals surface area contributed by atoms with E-state index in [1.807, 2.05) is 30.3 Å². The van der Waals surface area contributed by atoms with E-state index in [0.29, 0.717) is 5.57 Å². The molecule has 0 aromatic heterocycles. The summed E-state index contributed by atoms with van der Waals surface area (Å²) in [6, 6.07) is 14.2. The normalized spacial score (nSPS) is 11.6. The zero-order valence-corrected chi connectivity index (χ0v) is 12.5. The van der Waals surface area contributed by atoms with Crippen LogP contribution in [0.4, 0.5) is 4.39 Å². The van der Waals surface area contributed by atoms with Gasteiger partial charge in [0.05, 0.1) is 4.90 Å². The van der Waals surface area contributed by atoms with Gasteiger partial charge in [0.1, 0.15) is 5.82 Å². The van der Waals surface area contributed by atoms with Crippen LogP contribution in [0.3, 0.4) is 0 Å². The highest BCUT2D eigenvalue weighted by Crippen LogP contribution is 2.19. The molecular formula is C16H16FNO2S. The Bertz CT molecular complexity index is 725. The van der Waals surface area contributed by atoms with Crippen molar-refractivity contribution < 1.29 is 12.8 Å². The van der Waals surface area contributed by atoms with E-state index in [9.17, 15) is 12.8 Å². The first kappa shape index (κ1) is 15.4. The van der Waals surface area contributed by atoms with E-state index in [2.05, 4.69) is 6.58 Å². The van der Waals surface area contributed by atoms with Gasteiger partial charge in [0.15, 0.2) is 0 Å². The molecule has 0 radical (unpaired) electrons. The molecule has 3 nitrogen and oxygen atoms in total. The number of hydrogen-bond acceptors (Lipinski definition) is 2. The Labute approximate surface area is 124 Å². The van der Waals surface area contributed by atoms with Crippen LogP contribution in [0, 0.1) is 5.82 Å². The molecule has 2 aromatic carbocycles. The number of halogens is 1. The molecule has 0 saturated heterocycles. The van der Waals surface area contributed by atoms with Crippen LogP contribution < -0.4 is 0 Å². The van der Waals surface area contributed by atoms with Gasteiger partial charge in [0, 0.05) is 13.6 Å². The average molecular weight is 305 g/mol. The summed E-state index contributed by atoms with van der Waals surface area (Å²) in [5.74, 6) is -0.467. The van der Waals surface area contributed by atoms with Crippen LogP contribution in [-0.2, 0) is 10.0 Å². The fourth-order valence-corrected chi connectivity index (χ4v) is 3.07. The monoisotopic (exact) mass is 305 g/mol. The number of likely N-dealkylation sites (N-methyl/N-ethyl adjacent to an activating group) is 1. The molecule has 2 rings (SSSR count). The summed E-state index contributed by atoms with van der Waals surface area (Å²) in [6.45, 7) is 4.09. The minimum Gasteiger partial charge on any atom is -0.207 e. The highest BCUT2D eigenvalue weighted by Gasteiger charge is 2.21.